The van der Waals surface area contributed by atoms with Crippen LogP contribution in [0.2, 0.25) is 5.02 Å². The fourth-order valence-corrected chi connectivity index (χ4v) is 1.97. The highest BCUT2D eigenvalue weighted by Crippen LogP contribution is 2.31. The van der Waals surface area contributed by atoms with Gasteiger partial charge in [-0.05, 0) is 30.7 Å². The van der Waals surface area contributed by atoms with Gasteiger partial charge >= 0.3 is 5.97 Å². The number of aliphatic hydroxyl groups excluding tert-OH is 1. The monoisotopic (exact) mass is 280 g/mol. The second-order valence-corrected chi connectivity index (χ2v) is 4.54. The zero-order chi connectivity index (χ0) is 13.8. The van der Waals surface area contributed by atoms with Crippen molar-refractivity contribution >= 4 is 17.6 Å². The summed E-state index contributed by atoms with van der Waals surface area (Å²) in [5.41, 5.74) is 0.737. The number of furan rings is 1. The van der Waals surface area contributed by atoms with E-state index in [2.05, 4.69) is 0 Å². The smallest absolute Gasteiger partial charge is 0.303 e. The zero-order valence-electron chi connectivity index (χ0n) is 10.0. The SMILES string of the molecule is O=C(O)CCC(O)c1ccc(-c2ccccc2Cl)o1. The molecular formula is C14H13ClO4. The normalized spacial score (nSPS) is 12.3. The quantitative estimate of drug-likeness (QED) is 0.879. The predicted molar refractivity (Wildman–Crippen MR) is 71.0 cm³/mol. The van der Waals surface area contributed by atoms with E-state index in [9.17, 15) is 9.90 Å². The molecule has 4 nitrogen and oxygen atoms in total. The first-order valence-electron chi connectivity index (χ1n) is 5.82. The third-order valence-corrected chi connectivity index (χ3v) is 3.06. The summed E-state index contributed by atoms with van der Waals surface area (Å²) in [6.45, 7) is 0. The van der Waals surface area contributed by atoms with E-state index < -0.39 is 12.1 Å². The van der Waals surface area contributed by atoms with Gasteiger partial charge in [0.25, 0.3) is 0 Å². The number of aliphatic hydroxyl groups is 1. The Hall–Kier alpha value is -1.78. The number of halogens is 1. The lowest BCUT2D eigenvalue weighted by molar-refractivity contribution is -0.137. The Kier molecular flexibility index (Phi) is 4.24. The van der Waals surface area contributed by atoms with Crippen molar-refractivity contribution in [2.24, 2.45) is 0 Å². The van der Waals surface area contributed by atoms with Crippen LogP contribution in [0, 0.1) is 0 Å². The first kappa shape index (κ1) is 13.6. The molecule has 0 aliphatic rings. The van der Waals surface area contributed by atoms with E-state index in [1.54, 1.807) is 18.2 Å². The molecule has 0 spiro atoms. The maximum Gasteiger partial charge on any atom is 0.303 e. The van der Waals surface area contributed by atoms with Crippen LogP contribution in [0.5, 0.6) is 0 Å². The molecule has 0 amide bonds. The van der Waals surface area contributed by atoms with E-state index in [1.807, 2.05) is 18.2 Å². The number of aliphatic carboxylic acids is 1. The molecular weight excluding hydrogens is 268 g/mol. The summed E-state index contributed by atoms with van der Waals surface area (Å²) in [7, 11) is 0. The van der Waals surface area contributed by atoms with E-state index in [0.717, 1.165) is 5.56 Å². The average molecular weight is 281 g/mol. The average Bonchev–Trinajstić information content (AvgIpc) is 2.86. The minimum absolute atomic E-state index is 0.108. The van der Waals surface area contributed by atoms with E-state index in [4.69, 9.17) is 21.1 Å². The number of carboxylic acid groups (broad SMARTS) is 1. The summed E-state index contributed by atoms with van der Waals surface area (Å²) in [6.07, 6.45) is -0.916. The second-order valence-electron chi connectivity index (χ2n) is 4.13. The molecule has 1 aromatic heterocycles. The predicted octanol–water partition coefficient (Wildman–Crippen LogP) is 3.50. The van der Waals surface area contributed by atoms with Crippen LogP contribution in [0.3, 0.4) is 0 Å². The summed E-state index contributed by atoms with van der Waals surface area (Å²) in [5.74, 6) is -0.0527. The van der Waals surface area contributed by atoms with Crippen molar-refractivity contribution in [1.82, 2.24) is 0 Å². The number of carboxylic acids is 1. The van der Waals surface area contributed by atoms with Crippen molar-refractivity contribution in [2.45, 2.75) is 18.9 Å². The van der Waals surface area contributed by atoms with Gasteiger partial charge in [0.15, 0.2) is 0 Å². The van der Waals surface area contributed by atoms with Crippen molar-refractivity contribution in [3.8, 4) is 11.3 Å². The Morgan fingerprint density at radius 2 is 2.00 bits per heavy atom. The van der Waals surface area contributed by atoms with E-state index in [0.29, 0.717) is 16.5 Å². The molecule has 100 valence electrons. The molecule has 0 aliphatic heterocycles. The van der Waals surface area contributed by atoms with Crippen LogP contribution in [-0.4, -0.2) is 16.2 Å². The van der Waals surface area contributed by atoms with Crippen molar-refractivity contribution in [3.05, 3.63) is 47.2 Å². The first-order chi connectivity index (χ1) is 9.08. The fraction of sp³-hybridized carbons (Fsp3) is 0.214. The van der Waals surface area contributed by atoms with Gasteiger partial charge in [-0.1, -0.05) is 23.7 Å². The number of carbonyl (C=O) groups is 1. The molecule has 2 rings (SSSR count). The van der Waals surface area contributed by atoms with Gasteiger partial charge in [-0.2, -0.15) is 0 Å². The van der Waals surface area contributed by atoms with Gasteiger partial charge in [0.1, 0.15) is 17.6 Å². The molecule has 19 heavy (non-hydrogen) atoms. The van der Waals surface area contributed by atoms with Crippen LogP contribution in [0.1, 0.15) is 24.7 Å². The van der Waals surface area contributed by atoms with Crippen LogP contribution in [0.25, 0.3) is 11.3 Å². The van der Waals surface area contributed by atoms with Crippen LogP contribution >= 0.6 is 11.6 Å². The number of hydrogen-bond acceptors (Lipinski definition) is 3. The van der Waals surface area contributed by atoms with Gasteiger partial charge in [-0.3, -0.25) is 4.79 Å². The van der Waals surface area contributed by atoms with Crippen molar-refractivity contribution in [2.75, 3.05) is 0 Å². The van der Waals surface area contributed by atoms with E-state index in [-0.39, 0.29) is 12.8 Å². The van der Waals surface area contributed by atoms with Gasteiger partial charge < -0.3 is 14.6 Å². The largest absolute Gasteiger partial charge is 0.481 e. The standard InChI is InChI=1S/C14H13ClO4/c15-10-4-2-1-3-9(10)12-6-7-13(19-12)11(16)5-8-14(17)18/h1-4,6-7,11,16H,5,8H2,(H,17,18). The lowest BCUT2D eigenvalue weighted by atomic mass is 10.1. The van der Waals surface area contributed by atoms with Gasteiger partial charge in [-0.25, -0.2) is 0 Å². The van der Waals surface area contributed by atoms with Gasteiger partial charge in [0, 0.05) is 12.0 Å². The Morgan fingerprint density at radius 1 is 1.26 bits per heavy atom. The number of rotatable bonds is 5. The third kappa shape index (κ3) is 3.36. The van der Waals surface area contributed by atoms with Gasteiger partial charge in [-0.15, -0.1) is 0 Å². The minimum Gasteiger partial charge on any atom is -0.481 e. The molecule has 0 saturated carbocycles. The summed E-state index contributed by atoms with van der Waals surface area (Å²) in [6, 6.07) is 10.6. The molecule has 0 fully saturated rings. The molecule has 0 bridgehead atoms. The van der Waals surface area contributed by atoms with Crippen LogP contribution in [0.4, 0.5) is 0 Å². The Bertz CT molecular complexity index is 576. The summed E-state index contributed by atoms with van der Waals surface area (Å²) in [4.78, 5) is 10.4. The highest BCUT2D eigenvalue weighted by atomic mass is 35.5. The Balaban J connectivity index is 2.15. The van der Waals surface area contributed by atoms with Crippen LogP contribution < -0.4 is 0 Å². The highest BCUT2D eigenvalue weighted by Gasteiger charge is 2.15. The molecule has 1 heterocycles. The zero-order valence-corrected chi connectivity index (χ0v) is 10.8. The van der Waals surface area contributed by atoms with Crippen molar-refractivity contribution < 1.29 is 19.4 Å². The van der Waals surface area contributed by atoms with Crippen molar-refractivity contribution in [1.29, 1.82) is 0 Å². The topological polar surface area (TPSA) is 70.7 Å². The lowest BCUT2D eigenvalue weighted by Crippen LogP contribution is -2.01. The number of hydrogen-bond donors (Lipinski definition) is 2. The molecule has 2 N–H and O–H groups in total. The fourth-order valence-electron chi connectivity index (χ4n) is 1.74. The van der Waals surface area contributed by atoms with E-state index in [1.165, 1.54) is 0 Å². The molecule has 1 unspecified atom stereocenters. The van der Waals surface area contributed by atoms with Gasteiger partial charge in [0.05, 0.1) is 5.02 Å². The molecule has 1 aromatic carbocycles. The second kappa shape index (κ2) is 5.91. The maximum atomic E-state index is 10.4. The van der Waals surface area contributed by atoms with E-state index >= 15 is 0 Å². The lowest BCUT2D eigenvalue weighted by Gasteiger charge is -2.05. The molecule has 0 radical (unpaired) electrons. The number of benzene rings is 1. The van der Waals surface area contributed by atoms with Gasteiger partial charge in [0.2, 0.25) is 0 Å². The third-order valence-electron chi connectivity index (χ3n) is 2.73. The summed E-state index contributed by atoms with van der Waals surface area (Å²) >= 11 is 6.05. The molecule has 5 heteroatoms. The van der Waals surface area contributed by atoms with Crippen LogP contribution in [0.15, 0.2) is 40.8 Å². The molecule has 1 atom stereocenters. The minimum atomic E-state index is -0.947. The molecule has 0 saturated heterocycles. The molecule has 2 aromatic rings. The maximum absolute atomic E-state index is 10.4. The first-order valence-corrected chi connectivity index (χ1v) is 6.20. The molecule has 0 aliphatic carbocycles. The van der Waals surface area contributed by atoms with Crippen molar-refractivity contribution in [3.63, 3.8) is 0 Å². The summed E-state index contributed by atoms with van der Waals surface area (Å²) in [5, 5.41) is 18.9. The Morgan fingerprint density at radius 3 is 2.68 bits per heavy atom. The Labute approximate surface area is 115 Å². The highest BCUT2D eigenvalue weighted by molar-refractivity contribution is 6.33. The summed E-state index contributed by atoms with van der Waals surface area (Å²) < 4.78 is 5.52. The van der Waals surface area contributed by atoms with Crippen LogP contribution in [-0.2, 0) is 4.79 Å².